The van der Waals surface area contributed by atoms with E-state index in [2.05, 4.69) is 27.8 Å². The van der Waals surface area contributed by atoms with Gasteiger partial charge in [-0.1, -0.05) is 66.7 Å². The molecule has 0 spiro atoms. The van der Waals surface area contributed by atoms with Crippen molar-refractivity contribution in [2.45, 2.75) is 25.1 Å². The molecule has 2 aromatic carbocycles. The standard InChI is InChI=1S/C19H16BrF2NO.C2H6/c1-11-15(20)10-14(12-6-4-3-5-7-12)19(23-11)18-16(21)8-13(24-2)9-17(18)22;1-2/h3-9,15,23H,1,10H2,2H3;1-2H3. The maximum absolute atomic E-state index is 14.6. The Balaban J connectivity index is 0.00000117. The van der Waals surface area contributed by atoms with E-state index < -0.39 is 11.6 Å². The van der Waals surface area contributed by atoms with Crippen molar-refractivity contribution < 1.29 is 13.5 Å². The van der Waals surface area contributed by atoms with Crippen LogP contribution in [0.4, 0.5) is 8.78 Å². The molecule has 1 unspecified atom stereocenters. The van der Waals surface area contributed by atoms with Gasteiger partial charge < -0.3 is 10.1 Å². The molecule has 2 aromatic rings. The Kier molecular flexibility index (Phi) is 6.98. The highest BCUT2D eigenvalue weighted by Gasteiger charge is 2.27. The molecule has 1 N–H and O–H groups in total. The van der Waals surface area contributed by atoms with Gasteiger partial charge in [-0.25, -0.2) is 8.78 Å². The molecule has 0 saturated heterocycles. The number of alkyl halides is 1. The SMILES string of the molecule is C=C1NC(c2c(F)cc(OC)cc2F)=C(c2ccccc2)CC1Br.CC. The summed E-state index contributed by atoms with van der Waals surface area (Å²) < 4.78 is 34.0. The third-order valence-corrected chi connectivity index (χ3v) is 4.85. The van der Waals surface area contributed by atoms with Crippen molar-refractivity contribution in [3.63, 3.8) is 0 Å². The average Bonchev–Trinajstić information content (AvgIpc) is 2.66. The van der Waals surface area contributed by atoms with E-state index in [1.807, 2.05) is 44.2 Å². The van der Waals surface area contributed by atoms with Crippen LogP contribution in [0.15, 0.2) is 54.7 Å². The largest absolute Gasteiger partial charge is 0.497 e. The highest BCUT2D eigenvalue weighted by Crippen LogP contribution is 2.38. The molecular formula is C21H22BrF2NO. The summed E-state index contributed by atoms with van der Waals surface area (Å²) in [6.07, 6.45) is 0.579. The van der Waals surface area contributed by atoms with E-state index in [4.69, 9.17) is 4.74 Å². The van der Waals surface area contributed by atoms with Crippen LogP contribution < -0.4 is 10.1 Å². The van der Waals surface area contributed by atoms with Gasteiger partial charge in [0.15, 0.2) is 0 Å². The second-order valence-corrected chi connectivity index (χ2v) is 6.61. The Morgan fingerprint density at radius 1 is 1.12 bits per heavy atom. The van der Waals surface area contributed by atoms with Crippen LogP contribution in [0.3, 0.4) is 0 Å². The summed E-state index contributed by atoms with van der Waals surface area (Å²) in [5.74, 6) is -1.21. The number of hydrogen-bond acceptors (Lipinski definition) is 2. The van der Waals surface area contributed by atoms with Crippen molar-refractivity contribution in [3.8, 4) is 5.75 Å². The van der Waals surface area contributed by atoms with E-state index in [1.165, 1.54) is 19.2 Å². The number of ether oxygens (including phenoxy) is 1. The van der Waals surface area contributed by atoms with E-state index >= 15 is 0 Å². The molecule has 0 radical (unpaired) electrons. The zero-order chi connectivity index (χ0) is 19.3. The summed E-state index contributed by atoms with van der Waals surface area (Å²) >= 11 is 3.55. The van der Waals surface area contributed by atoms with E-state index in [-0.39, 0.29) is 16.1 Å². The lowest BCUT2D eigenvalue weighted by Gasteiger charge is -2.28. The molecule has 0 bridgehead atoms. The predicted octanol–water partition coefficient (Wildman–Crippen LogP) is 6.14. The summed E-state index contributed by atoms with van der Waals surface area (Å²) in [5.41, 5.74) is 2.70. The Bertz CT molecular complexity index is 795. The summed E-state index contributed by atoms with van der Waals surface area (Å²) in [4.78, 5) is -0.0131. The molecule has 5 heteroatoms. The van der Waals surface area contributed by atoms with Crippen LogP contribution in [-0.2, 0) is 0 Å². The highest BCUT2D eigenvalue weighted by atomic mass is 79.9. The molecular weight excluding hydrogens is 400 g/mol. The van der Waals surface area contributed by atoms with Crippen LogP contribution in [0, 0.1) is 11.6 Å². The second-order valence-electron chi connectivity index (χ2n) is 5.51. The molecule has 2 nitrogen and oxygen atoms in total. The molecule has 3 rings (SSSR count). The van der Waals surface area contributed by atoms with Crippen molar-refractivity contribution >= 4 is 27.2 Å². The van der Waals surface area contributed by atoms with Gasteiger partial charge in [0.1, 0.15) is 17.4 Å². The molecule has 1 heterocycles. The van der Waals surface area contributed by atoms with Crippen molar-refractivity contribution in [2.24, 2.45) is 0 Å². The van der Waals surface area contributed by atoms with Crippen LogP contribution >= 0.6 is 15.9 Å². The zero-order valence-electron chi connectivity index (χ0n) is 15.1. The van der Waals surface area contributed by atoms with E-state index in [0.717, 1.165) is 11.1 Å². The molecule has 0 aromatic heterocycles. The van der Waals surface area contributed by atoms with Gasteiger partial charge in [-0.15, -0.1) is 0 Å². The third kappa shape index (κ3) is 4.15. The maximum Gasteiger partial charge on any atom is 0.139 e. The number of rotatable bonds is 3. The quantitative estimate of drug-likeness (QED) is 0.600. The minimum Gasteiger partial charge on any atom is -0.497 e. The first-order valence-electron chi connectivity index (χ1n) is 8.43. The molecule has 26 heavy (non-hydrogen) atoms. The number of methoxy groups -OCH3 is 1. The first kappa shape index (κ1) is 20.2. The Hall–Kier alpha value is -2.14. The van der Waals surface area contributed by atoms with Gasteiger partial charge in [-0.05, 0) is 17.6 Å². The smallest absolute Gasteiger partial charge is 0.139 e. The minimum atomic E-state index is -0.677. The molecule has 138 valence electrons. The Morgan fingerprint density at radius 3 is 2.23 bits per heavy atom. The molecule has 0 amide bonds. The summed E-state index contributed by atoms with van der Waals surface area (Å²) in [7, 11) is 1.37. The normalized spacial score (nSPS) is 16.5. The predicted molar refractivity (Wildman–Crippen MR) is 107 cm³/mol. The lowest BCUT2D eigenvalue weighted by Crippen LogP contribution is -2.26. The summed E-state index contributed by atoms with van der Waals surface area (Å²) in [6.45, 7) is 7.93. The number of hydrogen-bond donors (Lipinski definition) is 1. The fourth-order valence-electron chi connectivity index (χ4n) is 2.74. The van der Waals surface area contributed by atoms with Gasteiger partial charge in [0.2, 0.25) is 0 Å². The van der Waals surface area contributed by atoms with Crippen molar-refractivity contribution in [1.82, 2.24) is 5.32 Å². The van der Waals surface area contributed by atoms with Crippen LogP contribution in [0.1, 0.15) is 31.4 Å². The lowest BCUT2D eigenvalue weighted by molar-refractivity contribution is 0.406. The topological polar surface area (TPSA) is 21.3 Å². The number of nitrogens with one attached hydrogen (secondary N) is 1. The Morgan fingerprint density at radius 2 is 1.69 bits per heavy atom. The van der Waals surface area contributed by atoms with Crippen molar-refractivity contribution in [2.75, 3.05) is 7.11 Å². The zero-order valence-corrected chi connectivity index (χ0v) is 16.7. The molecule has 1 atom stereocenters. The van der Waals surface area contributed by atoms with Crippen LogP contribution in [0.5, 0.6) is 5.75 Å². The number of benzene rings is 2. The van der Waals surface area contributed by atoms with Crippen molar-refractivity contribution in [1.29, 1.82) is 0 Å². The fraction of sp³-hybridized carbons (Fsp3) is 0.238. The van der Waals surface area contributed by atoms with Gasteiger partial charge in [-0.2, -0.15) is 0 Å². The fourth-order valence-corrected chi connectivity index (χ4v) is 3.18. The van der Waals surface area contributed by atoms with Gasteiger partial charge >= 0.3 is 0 Å². The average molecular weight is 422 g/mol. The maximum atomic E-state index is 14.6. The van der Waals surface area contributed by atoms with E-state index in [0.29, 0.717) is 17.8 Å². The van der Waals surface area contributed by atoms with Crippen LogP contribution in [-0.4, -0.2) is 11.9 Å². The molecule has 1 aliphatic rings. The molecule has 0 saturated carbocycles. The monoisotopic (exact) mass is 421 g/mol. The number of allylic oxidation sites excluding steroid dienone is 2. The van der Waals surface area contributed by atoms with Gasteiger partial charge in [0.05, 0.1) is 23.2 Å². The van der Waals surface area contributed by atoms with E-state index in [9.17, 15) is 8.78 Å². The van der Waals surface area contributed by atoms with Crippen LogP contribution in [0.2, 0.25) is 0 Å². The first-order valence-corrected chi connectivity index (χ1v) is 9.34. The van der Waals surface area contributed by atoms with Gasteiger partial charge in [0.25, 0.3) is 0 Å². The highest BCUT2D eigenvalue weighted by molar-refractivity contribution is 9.09. The van der Waals surface area contributed by atoms with Crippen molar-refractivity contribution in [3.05, 3.63) is 77.5 Å². The van der Waals surface area contributed by atoms with Gasteiger partial charge in [0, 0.05) is 17.8 Å². The minimum absolute atomic E-state index is 0.0131. The first-order chi connectivity index (χ1) is 12.5. The second kappa shape index (κ2) is 8.99. The summed E-state index contributed by atoms with van der Waals surface area (Å²) in [6, 6.07) is 11.9. The van der Waals surface area contributed by atoms with Gasteiger partial charge in [-0.3, -0.25) is 0 Å². The molecule has 1 aliphatic heterocycles. The molecule has 0 aliphatic carbocycles. The third-order valence-electron chi connectivity index (χ3n) is 3.97. The molecule has 0 fully saturated rings. The number of halogens is 3. The van der Waals surface area contributed by atoms with E-state index in [1.54, 1.807) is 0 Å². The Labute approximate surface area is 161 Å². The lowest BCUT2D eigenvalue weighted by atomic mass is 9.91. The summed E-state index contributed by atoms with van der Waals surface area (Å²) in [5, 5.41) is 3.07. The van der Waals surface area contributed by atoms with Crippen LogP contribution in [0.25, 0.3) is 11.3 Å².